The van der Waals surface area contributed by atoms with Crippen LogP contribution < -0.4 is 15.1 Å². The number of benzene rings is 1. The van der Waals surface area contributed by atoms with Crippen molar-refractivity contribution in [1.29, 1.82) is 0 Å². The Bertz CT molecular complexity index is 431. The van der Waals surface area contributed by atoms with Crippen molar-refractivity contribution >= 4 is 0 Å². The van der Waals surface area contributed by atoms with Crippen molar-refractivity contribution in [1.82, 2.24) is 0 Å². The first-order valence-electron chi connectivity index (χ1n) is 9.89. The quantitative estimate of drug-likeness (QED) is 0.616. The Morgan fingerprint density at radius 1 is 0.870 bits per heavy atom. The van der Waals surface area contributed by atoms with Gasteiger partial charge in [0.15, 0.2) is 0 Å². The van der Waals surface area contributed by atoms with Gasteiger partial charge in [-0.25, -0.2) is 0 Å². The zero-order valence-electron chi connectivity index (χ0n) is 14.9. The SMILES string of the molecule is CCC[NH+]1CCC([NH2+]C2CC[NH+](Cc3ccccc3)CC2)CC1. The predicted molar refractivity (Wildman–Crippen MR) is 94.7 cm³/mol. The van der Waals surface area contributed by atoms with E-state index in [1.165, 1.54) is 76.9 Å². The maximum Gasteiger partial charge on any atom is 0.103 e. The number of quaternary nitrogens is 3. The predicted octanol–water partition coefficient (Wildman–Crippen LogP) is -0.745. The van der Waals surface area contributed by atoms with Crippen LogP contribution in [0.1, 0.15) is 44.6 Å². The van der Waals surface area contributed by atoms with Crippen molar-refractivity contribution in [2.75, 3.05) is 32.7 Å². The number of nitrogens with two attached hydrogens (primary N) is 1. The molecule has 3 rings (SSSR count). The summed E-state index contributed by atoms with van der Waals surface area (Å²) in [6, 6.07) is 12.8. The van der Waals surface area contributed by atoms with E-state index in [2.05, 4.69) is 42.6 Å². The highest BCUT2D eigenvalue weighted by Gasteiger charge is 2.30. The van der Waals surface area contributed by atoms with Crippen molar-refractivity contribution < 1.29 is 15.1 Å². The fourth-order valence-corrected chi connectivity index (χ4v) is 4.53. The van der Waals surface area contributed by atoms with Gasteiger partial charge in [-0.2, -0.15) is 0 Å². The summed E-state index contributed by atoms with van der Waals surface area (Å²) in [5.74, 6) is 0. The van der Waals surface area contributed by atoms with Crippen molar-refractivity contribution in [2.24, 2.45) is 0 Å². The van der Waals surface area contributed by atoms with Gasteiger partial charge in [-0.1, -0.05) is 37.3 Å². The van der Waals surface area contributed by atoms with Crippen LogP contribution in [0.5, 0.6) is 0 Å². The highest BCUT2D eigenvalue weighted by Crippen LogP contribution is 2.01. The van der Waals surface area contributed by atoms with Crippen LogP contribution in [0.25, 0.3) is 0 Å². The molecule has 0 amide bonds. The Morgan fingerprint density at radius 2 is 1.43 bits per heavy atom. The molecule has 128 valence electrons. The van der Waals surface area contributed by atoms with Gasteiger partial charge in [0, 0.05) is 31.2 Å². The Labute approximate surface area is 142 Å². The lowest BCUT2D eigenvalue weighted by atomic mass is 9.99. The molecule has 0 bridgehead atoms. The van der Waals surface area contributed by atoms with Crippen LogP contribution in [0, 0.1) is 0 Å². The first-order chi connectivity index (χ1) is 11.3. The molecule has 3 nitrogen and oxygen atoms in total. The smallest absolute Gasteiger partial charge is 0.103 e. The van der Waals surface area contributed by atoms with E-state index in [9.17, 15) is 0 Å². The highest BCUT2D eigenvalue weighted by atomic mass is 15.2. The number of piperidine rings is 2. The summed E-state index contributed by atoms with van der Waals surface area (Å²) in [6.45, 7) is 10.4. The summed E-state index contributed by atoms with van der Waals surface area (Å²) in [5.41, 5.74) is 1.50. The number of likely N-dealkylation sites (tertiary alicyclic amines) is 2. The van der Waals surface area contributed by atoms with E-state index in [0.717, 1.165) is 12.1 Å². The summed E-state index contributed by atoms with van der Waals surface area (Å²) in [6.07, 6.45) is 7.03. The highest BCUT2D eigenvalue weighted by molar-refractivity contribution is 5.13. The van der Waals surface area contributed by atoms with Crippen molar-refractivity contribution in [3.63, 3.8) is 0 Å². The monoisotopic (exact) mass is 318 g/mol. The molecule has 0 aliphatic carbocycles. The molecule has 3 heteroatoms. The normalized spacial score (nSPS) is 31.9. The minimum Gasteiger partial charge on any atom is -0.341 e. The maximum absolute atomic E-state index is 2.75. The van der Waals surface area contributed by atoms with E-state index in [1.807, 2.05) is 4.90 Å². The zero-order chi connectivity index (χ0) is 15.9. The number of nitrogens with one attached hydrogen (secondary N) is 2. The van der Waals surface area contributed by atoms with Crippen LogP contribution in [0.3, 0.4) is 0 Å². The minimum absolute atomic E-state index is 0.896. The lowest BCUT2D eigenvalue weighted by Crippen LogP contribution is -3.16. The average Bonchev–Trinajstić information content (AvgIpc) is 2.60. The summed E-state index contributed by atoms with van der Waals surface area (Å²) in [4.78, 5) is 3.63. The number of rotatable bonds is 6. The number of hydrogen-bond donors (Lipinski definition) is 3. The molecule has 0 spiro atoms. The van der Waals surface area contributed by atoms with E-state index in [-0.39, 0.29) is 0 Å². The first kappa shape index (κ1) is 16.9. The third-order valence-corrected chi connectivity index (χ3v) is 5.92. The lowest BCUT2D eigenvalue weighted by molar-refractivity contribution is -0.931. The average molecular weight is 319 g/mol. The second-order valence-electron chi connectivity index (χ2n) is 7.78. The van der Waals surface area contributed by atoms with E-state index in [1.54, 1.807) is 4.90 Å². The van der Waals surface area contributed by atoms with Crippen molar-refractivity contribution in [3.8, 4) is 0 Å². The molecule has 0 atom stereocenters. The Balaban J connectivity index is 1.35. The largest absolute Gasteiger partial charge is 0.341 e. The molecule has 0 radical (unpaired) electrons. The van der Waals surface area contributed by atoms with Gasteiger partial charge in [-0.15, -0.1) is 0 Å². The molecule has 1 aromatic carbocycles. The molecule has 1 aromatic rings. The summed E-state index contributed by atoms with van der Waals surface area (Å²) in [5, 5.41) is 2.75. The van der Waals surface area contributed by atoms with Crippen molar-refractivity contribution in [3.05, 3.63) is 35.9 Å². The van der Waals surface area contributed by atoms with Gasteiger partial charge >= 0.3 is 0 Å². The second-order valence-corrected chi connectivity index (χ2v) is 7.78. The maximum atomic E-state index is 2.75. The molecule has 0 saturated carbocycles. The molecule has 23 heavy (non-hydrogen) atoms. The van der Waals surface area contributed by atoms with Crippen LogP contribution >= 0.6 is 0 Å². The van der Waals surface area contributed by atoms with E-state index in [0.29, 0.717) is 0 Å². The molecule has 2 saturated heterocycles. The Hall–Kier alpha value is -0.900. The lowest BCUT2D eigenvalue weighted by Gasteiger charge is -2.33. The van der Waals surface area contributed by atoms with Gasteiger partial charge in [-0.3, -0.25) is 0 Å². The topological polar surface area (TPSA) is 25.5 Å². The molecular formula is C20H36N3+3. The molecule has 2 aliphatic rings. The standard InChI is InChI=1S/C20H33N3/c1-2-12-22-13-8-19(9-14-22)21-20-10-15-23(16-11-20)17-18-6-4-3-5-7-18/h3-7,19-21H,2,8-17H2,1H3/p+3. The van der Waals surface area contributed by atoms with E-state index >= 15 is 0 Å². The fourth-order valence-electron chi connectivity index (χ4n) is 4.53. The van der Waals surface area contributed by atoms with Gasteiger partial charge in [0.1, 0.15) is 6.54 Å². The third-order valence-electron chi connectivity index (χ3n) is 5.92. The Morgan fingerprint density at radius 3 is 2.00 bits per heavy atom. The summed E-state index contributed by atoms with van der Waals surface area (Å²) < 4.78 is 0. The molecule has 2 heterocycles. The fraction of sp³-hybridized carbons (Fsp3) is 0.700. The second kappa shape index (κ2) is 8.81. The van der Waals surface area contributed by atoms with Crippen LogP contribution in [-0.4, -0.2) is 44.8 Å². The van der Waals surface area contributed by atoms with Gasteiger partial charge in [0.05, 0.1) is 44.8 Å². The molecule has 0 aromatic heterocycles. The van der Waals surface area contributed by atoms with Crippen LogP contribution in [-0.2, 0) is 6.54 Å². The zero-order valence-corrected chi connectivity index (χ0v) is 14.9. The third kappa shape index (κ3) is 5.30. The molecular weight excluding hydrogens is 282 g/mol. The van der Waals surface area contributed by atoms with Gasteiger partial charge in [-0.05, 0) is 6.42 Å². The van der Waals surface area contributed by atoms with Gasteiger partial charge in [0.2, 0.25) is 0 Å². The first-order valence-corrected chi connectivity index (χ1v) is 9.89. The van der Waals surface area contributed by atoms with Gasteiger partial charge in [0.25, 0.3) is 0 Å². The number of hydrogen-bond acceptors (Lipinski definition) is 0. The summed E-state index contributed by atoms with van der Waals surface area (Å²) in [7, 11) is 0. The van der Waals surface area contributed by atoms with Gasteiger partial charge < -0.3 is 15.1 Å². The molecule has 2 aliphatic heterocycles. The van der Waals surface area contributed by atoms with Crippen LogP contribution in [0.2, 0.25) is 0 Å². The molecule has 2 fully saturated rings. The summed E-state index contributed by atoms with van der Waals surface area (Å²) >= 11 is 0. The minimum atomic E-state index is 0.896. The molecule has 0 unspecified atom stereocenters. The van der Waals surface area contributed by atoms with E-state index < -0.39 is 0 Å². The van der Waals surface area contributed by atoms with E-state index in [4.69, 9.17) is 0 Å². The Kier molecular flexibility index (Phi) is 6.49. The van der Waals surface area contributed by atoms with Crippen LogP contribution in [0.15, 0.2) is 30.3 Å². The van der Waals surface area contributed by atoms with Crippen LogP contribution in [0.4, 0.5) is 0 Å². The van der Waals surface area contributed by atoms with Crippen molar-refractivity contribution in [2.45, 2.75) is 57.7 Å². The molecule has 4 N–H and O–H groups in total.